The summed E-state index contributed by atoms with van der Waals surface area (Å²) < 4.78 is 0. The molecule has 1 aromatic rings. The average Bonchev–Trinajstić information content (AvgIpc) is 2.96. The van der Waals surface area contributed by atoms with Gasteiger partial charge in [0, 0.05) is 13.5 Å². The van der Waals surface area contributed by atoms with E-state index in [0.717, 1.165) is 13.5 Å². The van der Waals surface area contributed by atoms with Crippen LogP contribution in [0.4, 0.5) is 5.13 Å². The highest BCUT2D eigenvalue weighted by molar-refractivity contribution is 7.15. The number of hydrogen-bond acceptors (Lipinski definition) is 7. The maximum atomic E-state index is 11.5. The molecule has 5 N–H and O–H groups in total. The first-order valence-electron chi connectivity index (χ1n) is 5.44. The van der Waals surface area contributed by atoms with E-state index in [1.54, 1.807) is 0 Å². The Bertz CT molecular complexity index is 469. The molecule has 1 aromatic heterocycles. The number of nitrogens with one attached hydrogen (secondary N) is 2. The van der Waals surface area contributed by atoms with E-state index in [4.69, 9.17) is 15.6 Å². The van der Waals surface area contributed by atoms with Gasteiger partial charge in [-0.15, -0.1) is 10.2 Å². The zero-order chi connectivity index (χ0) is 14.3. The van der Waals surface area contributed by atoms with Gasteiger partial charge in [-0.2, -0.15) is 0 Å². The fourth-order valence-corrected chi connectivity index (χ4v) is 1.81. The normalized spacial score (nSPS) is 16.6. The Balaban J connectivity index is 0.000000399. The van der Waals surface area contributed by atoms with Crippen LogP contribution < -0.4 is 16.4 Å². The Kier molecular flexibility index (Phi) is 5.90. The number of aliphatic carboxylic acids is 1. The predicted molar refractivity (Wildman–Crippen MR) is 70.4 cm³/mol. The molecule has 0 saturated heterocycles. The molecule has 0 spiro atoms. The third-order valence-electron chi connectivity index (χ3n) is 1.96. The highest BCUT2D eigenvalue weighted by atomic mass is 32.1. The Hall–Kier alpha value is -2.00. The lowest BCUT2D eigenvalue weighted by Crippen LogP contribution is -2.40. The van der Waals surface area contributed by atoms with E-state index in [-0.39, 0.29) is 11.9 Å². The Morgan fingerprint density at radius 1 is 1.63 bits per heavy atom. The van der Waals surface area contributed by atoms with Crippen LogP contribution in [-0.2, 0) is 16.1 Å². The lowest BCUT2D eigenvalue weighted by atomic mass is 10.3. The fraction of sp³-hybridized carbons (Fsp3) is 0.400. The summed E-state index contributed by atoms with van der Waals surface area (Å²) in [7, 11) is 0. The second-order valence-electron chi connectivity index (χ2n) is 3.58. The van der Waals surface area contributed by atoms with Crippen LogP contribution in [0.3, 0.4) is 0 Å². The number of amides is 1. The minimum atomic E-state index is -0.833. The number of hydrogen-bond donors (Lipinski definition) is 4. The molecule has 1 unspecified atom stereocenters. The Morgan fingerprint density at radius 3 is 2.79 bits per heavy atom. The number of anilines is 1. The summed E-state index contributed by atoms with van der Waals surface area (Å²) in [5.74, 6) is -0.891. The average molecular weight is 285 g/mol. The molecule has 1 aliphatic rings. The fourth-order valence-electron chi connectivity index (χ4n) is 1.26. The van der Waals surface area contributed by atoms with Crippen LogP contribution in [0.25, 0.3) is 0 Å². The smallest absolute Gasteiger partial charge is 0.300 e. The minimum absolute atomic E-state index is 0.0579. The van der Waals surface area contributed by atoms with Crippen molar-refractivity contribution in [2.75, 3.05) is 12.3 Å². The second kappa shape index (κ2) is 7.44. The van der Waals surface area contributed by atoms with Crippen molar-refractivity contribution in [3.63, 3.8) is 0 Å². The monoisotopic (exact) mass is 285 g/mol. The molecular formula is C10H15N5O3S. The number of rotatable bonds is 3. The molecule has 0 radical (unpaired) electrons. The molecule has 1 atom stereocenters. The molecule has 0 saturated carbocycles. The molecular weight excluding hydrogens is 270 g/mol. The molecule has 8 nitrogen and oxygen atoms in total. The summed E-state index contributed by atoms with van der Waals surface area (Å²) in [6.45, 7) is 2.20. The summed E-state index contributed by atoms with van der Waals surface area (Å²) in [5, 5.41) is 21.8. The summed E-state index contributed by atoms with van der Waals surface area (Å²) in [4.78, 5) is 20.5. The molecule has 0 bridgehead atoms. The maximum absolute atomic E-state index is 11.5. The zero-order valence-corrected chi connectivity index (χ0v) is 11.1. The zero-order valence-electron chi connectivity index (χ0n) is 10.3. The summed E-state index contributed by atoms with van der Waals surface area (Å²) in [6, 6.07) is -0.227. The molecule has 0 aliphatic carbocycles. The second-order valence-corrected chi connectivity index (χ2v) is 4.68. The first kappa shape index (κ1) is 15.1. The predicted octanol–water partition coefficient (Wildman–Crippen LogP) is -0.645. The van der Waals surface area contributed by atoms with Crippen molar-refractivity contribution < 1.29 is 14.7 Å². The molecule has 2 heterocycles. The molecule has 1 aliphatic heterocycles. The van der Waals surface area contributed by atoms with Gasteiger partial charge in [-0.3, -0.25) is 14.9 Å². The van der Waals surface area contributed by atoms with Crippen molar-refractivity contribution in [1.82, 2.24) is 20.8 Å². The molecule has 0 fully saturated rings. The van der Waals surface area contributed by atoms with E-state index >= 15 is 0 Å². The van der Waals surface area contributed by atoms with Crippen molar-refractivity contribution in [2.24, 2.45) is 0 Å². The summed E-state index contributed by atoms with van der Waals surface area (Å²) in [6.07, 6.45) is 3.76. The van der Waals surface area contributed by atoms with Crippen LogP contribution in [-0.4, -0.2) is 39.8 Å². The molecule has 0 aromatic carbocycles. The van der Waals surface area contributed by atoms with Crippen molar-refractivity contribution in [2.45, 2.75) is 19.5 Å². The lowest BCUT2D eigenvalue weighted by molar-refractivity contribution is -0.134. The number of nitrogen functional groups attached to an aromatic ring is 1. The number of nitrogens with zero attached hydrogens (tertiary/aromatic N) is 2. The number of aromatic nitrogens is 2. The van der Waals surface area contributed by atoms with Gasteiger partial charge < -0.3 is 16.2 Å². The van der Waals surface area contributed by atoms with Gasteiger partial charge in [-0.25, -0.2) is 0 Å². The van der Waals surface area contributed by atoms with Crippen LogP contribution in [0.1, 0.15) is 11.9 Å². The van der Waals surface area contributed by atoms with Gasteiger partial charge >= 0.3 is 0 Å². The van der Waals surface area contributed by atoms with Gasteiger partial charge in [-0.05, 0) is 0 Å². The molecule has 2 rings (SSSR count). The SMILES string of the molecule is CC(=O)O.Nc1nnc(CNC(=O)C2C=CCN2)s1. The molecule has 9 heteroatoms. The third-order valence-corrected chi connectivity index (χ3v) is 2.72. The van der Waals surface area contributed by atoms with Gasteiger partial charge in [0.15, 0.2) is 0 Å². The van der Waals surface area contributed by atoms with E-state index in [1.807, 2.05) is 12.2 Å². The van der Waals surface area contributed by atoms with E-state index < -0.39 is 5.97 Å². The number of carbonyl (C=O) groups is 2. The van der Waals surface area contributed by atoms with Gasteiger partial charge in [0.25, 0.3) is 5.97 Å². The third kappa shape index (κ3) is 5.93. The number of carboxylic acid groups (broad SMARTS) is 1. The van der Waals surface area contributed by atoms with Crippen LogP contribution in [0, 0.1) is 0 Å². The summed E-state index contributed by atoms with van der Waals surface area (Å²) >= 11 is 1.27. The molecule has 1 amide bonds. The van der Waals surface area contributed by atoms with E-state index in [0.29, 0.717) is 16.7 Å². The van der Waals surface area contributed by atoms with Crippen molar-refractivity contribution in [3.05, 3.63) is 17.2 Å². The highest BCUT2D eigenvalue weighted by Gasteiger charge is 2.17. The first-order valence-corrected chi connectivity index (χ1v) is 6.26. The molecule has 104 valence electrons. The van der Waals surface area contributed by atoms with E-state index in [2.05, 4.69) is 20.8 Å². The Labute approximate surface area is 113 Å². The van der Waals surface area contributed by atoms with Crippen molar-refractivity contribution in [3.8, 4) is 0 Å². The van der Waals surface area contributed by atoms with Crippen LogP contribution in [0.5, 0.6) is 0 Å². The largest absolute Gasteiger partial charge is 0.481 e. The van der Waals surface area contributed by atoms with E-state index in [9.17, 15) is 4.79 Å². The number of carbonyl (C=O) groups excluding carboxylic acids is 1. The van der Waals surface area contributed by atoms with Gasteiger partial charge in [0.2, 0.25) is 11.0 Å². The quantitative estimate of drug-likeness (QED) is 0.543. The lowest BCUT2D eigenvalue weighted by Gasteiger charge is -2.08. The standard InChI is InChI=1S/C8H11N5OS.C2H4O2/c9-8-13-12-6(15-8)4-11-7(14)5-2-1-3-10-5;1-2(3)4/h1-2,5,10H,3-4H2,(H2,9,13)(H,11,14);1H3,(H,3,4). The van der Waals surface area contributed by atoms with Crippen molar-refractivity contribution >= 4 is 28.3 Å². The number of carboxylic acids is 1. The molecule has 19 heavy (non-hydrogen) atoms. The van der Waals surface area contributed by atoms with Crippen LogP contribution in [0.15, 0.2) is 12.2 Å². The highest BCUT2D eigenvalue weighted by Crippen LogP contribution is 2.10. The van der Waals surface area contributed by atoms with Crippen LogP contribution in [0.2, 0.25) is 0 Å². The van der Waals surface area contributed by atoms with Gasteiger partial charge in [0.05, 0.1) is 6.54 Å². The Morgan fingerprint density at radius 2 is 2.32 bits per heavy atom. The van der Waals surface area contributed by atoms with Crippen molar-refractivity contribution in [1.29, 1.82) is 0 Å². The van der Waals surface area contributed by atoms with Crippen LogP contribution >= 0.6 is 11.3 Å². The minimum Gasteiger partial charge on any atom is -0.481 e. The topological polar surface area (TPSA) is 130 Å². The first-order chi connectivity index (χ1) is 8.99. The summed E-state index contributed by atoms with van der Waals surface area (Å²) in [5.41, 5.74) is 5.42. The van der Waals surface area contributed by atoms with E-state index in [1.165, 1.54) is 11.3 Å². The maximum Gasteiger partial charge on any atom is 0.300 e. The van der Waals surface area contributed by atoms with Gasteiger partial charge in [0.1, 0.15) is 11.0 Å². The number of nitrogens with two attached hydrogens (primary N) is 1. The van der Waals surface area contributed by atoms with Gasteiger partial charge in [-0.1, -0.05) is 23.5 Å².